The van der Waals surface area contributed by atoms with Crippen molar-refractivity contribution in [2.45, 2.75) is 83.1 Å². The molecule has 1 saturated heterocycles. The van der Waals surface area contributed by atoms with Crippen molar-refractivity contribution < 1.29 is 19.1 Å². The molecule has 7 heteroatoms. The van der Waals surface area contributed by atoms with Crippen LogP contribution in [0.1, 0.15) is 59.3 Å². The van der Waals surface area contributed by atoms with Crippen molar-refractivity contribution in [2.75, 3.05) is 6.54 Å². The molecule has 1 aromatic rings. The number of hydrogen-bond acceptors (Lipinski definition) is 5. The second-order valence-corrected chi connectivity index (χ2v) is 8.60. The Kier molecular flexibility index (Phi) is 6.42. The SMILES string of the molecule is CC(C)(C)OC(=O)N1CCCC1C(=O)NC1CCC(Oc2ccccn2)CC1. The summed E-state index contributed by atoms with van der Waals surface area (Å²) in [4.78, 5) is 30.9. The largest absolute Gasteiger partial charge is 0.474 e. The van der Waals surface area contributed by atoms with Gasteiger partial charge in [0.15, 0.2) is 0 Å². The fourth-order valence-corrected chi connectivity index (χ4v) is 3.79. The summed E-state index contributed by atoms with van der Waals surface area (Å²) < 4.78 is 11.4. The molecule has 1 saturated carbocycles. The number of nitrogens with one attached hydrogen (secondary N) is 1. The maximum atomic E-state index is 12.8. The van der Waals surface area contributed by atoms with Crippen LogP contribution in [0.15, 0.2) is 24.4 Å². The van der Waals surface area contributed by atoms with Crippen LogP contribution < -0.4 is 10.1 Å². The van der Waals surface area contributed by atoms with Crippen molar-refractivity contribution in [3.63, 3.8) is 0 Å². The predicted octanol–water partition coefficient (Wildman–Crippen LogP) is 3.29. The molecule has 0 bridgehead atoms. The van der Waals surface area contributed by atoms with Gasteiger partial charge in [0.2, 0.25) is 11.8 Å². The Morgan fingerprint density at radius 2 is 1.89 bits per heavy atom. The van der Waals surface area contributed by atoms with E-state index in [1.807, 2.05) is 39.0 Å². The van der Waals surface area contributed by atoms with E-state index in [2.05, 4.69) is 10.3 Å². The van der Waals surface area contributed by atoms with Gasteiger partial charge < -0.3 is 14.8 Å². The van der Waals surface area contributed by atoms with Gasteiger partial charge >= 0.3 is 6.09 Å². The average molecular weight is 389 g/mol. The Morgan fingerprint density at radius 1 is 1.14 bits per heavy atom. The summed E-state index contributed by atoms with van der Waals surface area (Å²) in [6.45, 7) is 6.07. The van der Waals surface area contributed by atoms with Gasteiger partial charge in [-0.2, -0.15) is 0 Å². The molecule has 1 atom stereocenters. The number of ether oxygens (including phenoxy) is 2. The maximum absolute atomic E-state index is 12.8. The van der Waals surface area contributed by atoms with Crippen LogP contribution in [-0.4, -0.2) is 52.2 Å². The third-order valence-electron chi connectivity index (χ3n) is 5.13. The minimum Gasteiger partial charge on any atom is -0.474 e. The second kappa shape index (κ2) is 8.80. The highest BCUT2D eigenvalue weighted by Crippen LogP contribution is 2.25. The Balaban J connectivity index is 1.46. The van der Waals surface area contributed by atoms with Gasteiger partial charge in [-0.3, -0.25) is 9.69 Å². The number of carbonyl (C=O) groups is 2. The van der Waals surface area contributed by atoms with Crippen LogP contribution in [0.2, 0.25) is 0 Å². The van der Waals surface area contributed by atoms with Crippen LogP contribution in [0.5, 0.6) is 5.88 Å². The average Bonchev–Trinajstić information content (AvgIpc) is 3.13. The number of hydrogen-bond donors (Lipinski definition) is 1. The van der Waals surface area contributed by atoms with Gasteiger partial charge in [-0.25, -0.2) is 9.78 Å². The summed E-state index contributed by atoms with van der Waals surface area (Å²) in [5.41, 5.74) is -0.563. The molecule has 2 amide bonds. The van der Waals surface area contributed by atoms with Crippen LogP contribution in [0.4, 0.5) is 4.79 Å². The third kappa shape index (κ3) is 5.59. The summed E-state index contributed by atoms with van der Waals surface area (Å²) in [6.07, 6.45) is 6.43. The van der Waals surface area contributed by atoms with Gasteiger partial charge in [-0.1, -0.05) is 6.07 Å². The van der Waals surface area contributed by atoms with Crippen LogP contribution >= 0.6 is 0 Å². The van der Waals surface area contributed by atoms with E-state index in [1.54, 1.807) is 11.1 Å². The number of pyridine rings is 1. The molecule has 0 aromatic carbocycles. The molecular weight excluding hydrogens is 358 g/mol. The quantitative estimate of drug-likeness (QED) is 0.855. The summed E-state index contributed by atoms with van der Waals surface area (Å²) in [5, 5.41) is 3.13. The molecule has 2 aliphatic rings. The van der Waals surface area contributed by atoms with Crippen LogP contribution in [0, 0.1) is 0 Å². The van der Waals surface area contributed by atoms with Crippen molar-refractivity contribution >= 4 is 12.0 Å². The molecule has 7 nitrogen and oxygen atoms in total. The topological polar surface area (TPSA) is 80.8 Å². The monoisotopic (exact) mass is 389 g/mol. The van der Waals surface area contributed by atoms with Crippen molar-refractivity contribution in [1.29, 1.82) is 0 Å². The summed E-state index contributed by atoms with van der Waals surface area (Å²) in [7, 11) is 0. The Labute approximate surface area is 166 Å². The molecule has 1 aliphatic carbocycles. The minimum absolute atomic E-state index is 0.0718. The predicted molar refractivity (Wildman–Crippen MR) is 105 cm³/mol. The summed E-state index contributed by atoms with van der Waals surface area (Å²) >= 11 is 0. The lowest BCUT2D eigenvalue weighted by molar-refractivity contribution is -0.126. The number of nitrogens with zero attached hydrogens (tertiary/aromatic N) is 2. The first kappa shape index (κ1) is 20.4. The molecule has 1 aromatic heterocycles. The zero-order valence-electron chi connectivity index (χ0n) is 17.0. The first-order valence-electron chi connectivity index (χ1n) is 10.2. The van der Waals surface area contributed by atoms with E-state index >= 15 is 0 Å². The van der Waals surface area contributed by atoms with Crippen molar-refractivity contribution in [2.24, 2.45) is 0 Å². The normalized spacial score (nSPS) is 25.2. The van der Waals surface area contributed by atoms with E-state index in [4.69, 9.17) is 9.47 Å². The summed E-state index contributed by atoms with van der Waals surface area (Å²) in [6, 6.07) is 5.32. The lowest BCUT2D eigenvalue weighted by Gasteiger charge is -2.32. The number of rotatable bonds is 4. The van der Waals surface area contributed by atoms with Gasteiger partial charge in [-0.15, -0.1) is 0 Å². The van der Waals surface area contributed by atoms with Gasteiger partial charge in [0.25, 0.3) is 0 Å². The van der Waals surface area contributed by atoms with E-state index in [-0.39, 0.29) is 18.1 Å². The minimum atomic E-state index is -0.563. The van der Waals surface area contributed by atoms with Crippen molar-refractivity contribution in [3.8, 4) is 5.88 Å². The Morgan fingerprint density at radius 3 is 2.54 bits per heavy atom. The third-order valence-corrected chi connectivity index (χ3v) is 5.13. The molecule has 28 heavy (non-hydrogen) atoms. The van der Waals surface area contributed by atoms with Crippen molar-refractivity contribution in [1.82, 2.24) is 15.2 Å². The summed E-state index contributed by atoms with van der Waals surface area (Å²) in [5.74, 6) is 0.575. The molecule has 0 radical (unpaired) electrons. The van der Waals surface area contributed by atoms with Crippen LogP contribution in [-0.2, 0) is 9.53 Å². The molecular formula is C21H31N3O4. The number of amides is 2. The van der Waals surface area contributed by atoms with E-state index < -0.39 is 17.7 Å². The van der Waals surface area contributed by atoms with Crippen molar-refractivity contribution in [3.05, 3.63) is 24.4 Å². The lowest BCUT2D eigenvalue weighted by Crippen LogP contribution is -2.50. The molecule has 1 N–H and O–H groups in total. The highest BCUT2D eigenvalue weighted by Gasteiger charge is 2.37. The van der Waals surface area contributed by atoms with E-state index in [0.29, 0.717) is 18.8 Å². The molecule has 154 valence electrons. The first-order valence-corrected chi connectivity index (χ1v) is 10.2. The molecule has 2 fully saturated rings. The highest BCUT2D eigenvalue weighted by molar-refractivity contribution is 5.86. The second-order valence-electron chi connectivity index (χ2n) is 8.60. The zero-order chi connectivity index (χ0) is 20.1. The lowest BCUT2D eigenvalue weighted by atomic mass is 9.92. The van der Waals surface area contributed by atoms with Gasteiger partial charge in [0.05, 0.1) is 0 Å². The van der Waals surface area contributed by atoms with E-state index in [0.717, 1.165) is 32.1 Å². The fraction of sp³-hybridized carbons (Fsp3) is 0.667. The first-order chi connectivity index (χ1) is 13.3. The number of carbonyl (C=O) groups excluding carboxylic acids is 2. The maximum Gasteiger partial charge on any atom is 0.410 e. The zero-order valence-corrected chi connectivity index (χ0v) is 17.0. The molecule has 0 spiro atoms. The smallest absolute Gasteiger partial charge is 0.410 e. The van der Waals surface area contributed by atoms with Crippen LogP contribution in [0.25, 0.3) is 0 Å². The Hall–Kier alpha value is -2.31. The number of likely N-dealkylation sites (tertiary alicyclic amines) is 1. The van der Waals surface area contributed by atoms with E-state index in [1.165, 1.54) is 0 Å². The van der Waals surface area contributed by atoms with Gasteiger partial charge in [0, 0.05) is 24.8 Å². The molecule has 1 unspecified atom stereocenters. The fourth-order valence-electron chi connectivity index (χ4n) is 3.79. The standard InChI is InChI=1S/C21H31N3O4/c1-21(2,3)28-20(26)24-14-6-7-17(24)19(25)23-15-9-11-16(12-10-15)27-18-8-4-5-13-22-18/h4-5,8,13,15-17H,6-7,9-12,14H2,1-3H3,(H,23,25). The Bertz CT molecular complexity index is 666. The molecule has 2 heterocycles. The molecule has 1 aliphatic heterocycles. The van der Waals surface area contributed by atoms with Gasteiger partial charge in [-0.05, 0) is 65.4 Å². The highest BCUT2D eigenvalue weighted by atomic mass is 16.6. The number of aromatic nitrogens is 1. The van der Waals surface area contributed by atoms with Gasteiger partial charge in [0.1, 0.15) is 17.7 Å². The van der Waals surface area contributed by atoms with Crippen LogP contribution in [0.3, 0.4) is 0 Å². The van der Waals surface area contributed by atoms with E-state index in [9.17, 15) is 9.59 Å². The molecule has 3 rings (SSSR count).